The highest BCUT2D eigenvalue weighted by molar-refractivity contribution is 5.81. The van der Waals surface area contributed by atoms with Crippen LogP contribution >= 0.6 is 0 Å². The summed E-state index contributed by atoms with van der Waals surface area (Å²) in [6, 6.07) is 0.445. The van der Waals surface area contributed by atoms with Crippen molar-refractivity contribution in [2.24, 2.45) is 17.8 Å². The highest BCUT2D eigenvalue weighted by atomic mass is 16.6. The van der Waals surface area contributed by atoms with Gasteiger partial charge in [-0.25, -0.2) is 4.79 Å². The molecule has 4 rings (SSSR count). The third-order valence-electron chi connectivity index (χ3n) is 6.83. The van der Waals surface area contributed by atoms with E-state index in [1.165, 1.54) is 44.9 Å². The quantitative estimate of drug-likeness (QED) is 0.870. The van der Waals surface area contributed by atoms with Gasteiger partial charge in [0.2, 0.25) is 5.91 Å². The van der Waals surface area contributed by atoms with Gasteiger partial charge in [0.25, 0.3) is 0 Å². The lowest BCUT2D eigenvalue weighted by Gasteiger charge is -2.49. The summed E-state index contributed by atoms with van der Waals surface area (Å²) in [6.07, 6.45) is 10.6. The number of ether oxygens (including phenoxy) is 1. The van der Waals surface area contributed by atoms with Crippen molar-refractivity contribution in [3.8, 4) is 0 Å². The number of nitrogens with one attached hydrogen (secondary N) is 1. The van der Waals surface area contributed by atoms with Crippen molar-refractivity contribution in [2.45, 2.75) is 69.4 Å². The zero-order chi connectivity index (χ0) is 16.0. The van der Waals surface area contributed by atoms with E-state index in [-0.39, 0.29) is 23.5 Å². The Kier molecular flexibility index (Phi) is 3.77. The number of alkyl carbamates (subject to hydrolysis) is 1. The SMILES string of the molecule is CN(C(=O)[C@H]1C[C@]2(COC(=O)N2)C1)[C@H]1C[C@H](C2CCCCC2)C1. The van der Waals surface area contributed by atoms with Crippen LogP contribution in [0.2, 0.25) is 0 Å². The molecule has 0 radical (unpaired) electrons. The van der Waals surface area contributed by atoms with Crippen molar-refractivity contribution >= 4 is 12.0 Å². The Hall–Kier alpha value is -1.26. The molecule has 0 bridgehead atoms. The molecule has 0 unspecified atom stereocenters. The van der Waals surface area contributed by atoms with Crippen molar-refractivity contribution in [1.29, 1.82) is 0 Å². The van der Waals surface area contributed by atoms with Gasteiger partial charge in [-0.2, -0.15) is 0 Å². The van der Waals surface area contributed by atoms with Crippen LogP contribution in [0.5, 0.6) is 0 Å². The number of hydrogen-bond acceptors (Lipinski definition) is 3. The number of hydrogen-bond donors (Lipinski definition) is 1. The maximum atomic E-state index is 12.6. The first kappa shape index (κ1) is 15.3. The van der Waals surface area contributed by atoms with Gasteiger partial charge >= 0.3 is 6.09 Å². The van der Waals surface area contributed by atoms with Crippen LogP contribution in [0, 0.1) is 17.8 Å². The fourth-order valence-electron chi connectivity index (χ4n) is 5.17. The Morgan fingerprint density at radius 1 is 1.17 bits per heavy atom. The van der Waals surface area contributed by atoms with E-state index < -0.39 is 0 Å². The highest BCUT2D eigenvalue weighted by Crippen LogP contribution is 2.45. The molecule has 23 heavy (non-hydrogen) atoms. The molecule has 3 saturated carbocycles. The molecule has 4 fully saturated rings. The third-order valence-corrected chi connectivity index (χ3v) is 6.83. The zero-order valence-electron chi connectivity index (χ0n) is 14.1. The standard InChI is InChI=1S/C18H28N2O3/c1-20(15-7-13(8-15)12-5-3-2-4-6-12)16(21)14-9-18(10-14)11-23-17(22)19-18/h12-15H,2-11H2,1H3,(H,19,22)/t13-,14-,15-,18+. The summed E-state index contributed by atoms with van der Waals surface area (Å²) in [5.74, 6) is 2.10. The van der Waals surface area contributed by atoms with Gasteiger partial charge in [-0.3, -0.25) is 4.79 Å². The van der Waals surface area contributed by atoms with Crippen LogP contribution in [0.3, 0.4) is 0 Å². The molecular formula is C18H28N2O3. The molecule has 5 heteroatoms. The molecule has 0 aromatic rings. The van der Waals surface area contributed by atoms with Gasteiger partial charge in [0.15, 0.2) is 0 Å². The summed E-state index contributed by atoms with van der Waals surface area (Å²) in [6.45, 7) is 0.423. The Morgan fingerprint density at radius 3 is 2.48 bits per heavy atom. The van der Waals surface area contributed by atoms with Gasteiger partial charge < -0.3 is 15.0 Å². The summed E-state index contributed by atoms with van der Waals surface area (Å²) in [4.78, 5) is 25.8. The molecule has 3 aliphatic carbocycles. The van der Waals surface area contributed by atoms with Crippen LogP contribution in [0.25, 0.3) is 0 Å². The number of amides is 2. The molecule has 0 aromatic carbocycles. The fraction of sp³-hybridized carbons (Fsp3) is 0.889. The number of cyclic esters (lactones) is 1. The second-order valence-electron chi connectivity index (χ2n) is 8.32. The maximum Gasteiger partial charge on any atom is 0.407 e. The van der Waals surface area contributed by atoms with E-state index in [2.05, 4.69) is 5.32 Å². The van der Waals surface area contributed by atoms with Crippen molar-refractivity contribution in [1.82, 2.24) is 10.2 Å². The van der Waals surface area contributed by atoms with E-state index in [1.807, 2.05) is 11.9 Å². The summed E-state index contributed by atoms with van der Waals surface area (Å²) >= 11 is 0. The van der Waals surface area contributed by atoms with Gasteiger partial charge in [-0.05, 0) is 37.5 Å². The normalized spacial score (nSPS) is 40.0. The minimum absolute atomic E-state index is 0.0655. The van der Waals surface area contributed by atoms with Crippen molar-refractivity contribution < 1.29 is 14.3 Å². The van der Waals surface area contributed by atoms with Crippen molar-refractivity contribution in [2.75, 3.05) is 13.7 Å². The number of rotatable bonds is 3. The van der Waals surface area contributed by atoms with E-state index in [0.717, 1.165) is 24.7 Å². The lowest BCUT2D eigenvalue weighted by Crippen LogP contribution is -2.59. The molecule has 5 nitrogen and oxygen atoms in total. The summed E-state index contributed by atoms with van der Waals surface area (Å²) < 4.78 is 4.99. The van der Waals surface area contributed by atoms with E-state index in [1.54, 1.807) is 0 Å². The molecule has 0 atom stereocenters. The molecule has 1 aliphatic heterocycles. The number of carbonyl (C=O) groups excluding carboxylic acids is 2. The predicted molar refractivity (Wildman–Crippen MR) is 85.8 cm³/mol. The van der Waals surface area contributed by atoms with Gasteiger partial charge in [0.05, 0.1) is 5.54 Å². The molecule has 1 saturated heterocycles. The molecule has 1 spiro atoms. The topological polar surface area (TPSA) is 58.6 Å². The minimum atomic E-state index is -0.335. The average Bonchev–Trinajstić information content (AvgIpc) is 2.87. The van der Waals surface area contributed by atoms with Crippen LogP contribution in [-0.2, 0) is 9.53 Å². The average molecular weight is 320 g/mol. The first-order valence-electron chi connectivity index (χ1n) is 9.28. The number of carbonyl (C=O) groups is 2. The maximum absolute atomic E-state index is 12.6. The molecule has 1 N–H and O–H groups in total. The van der Waals surface area contributed by atoms with Crippen molar-refractivity contribution in [3.05, 3.63) is 0 Å². The summed E-state index contributed by atoms with van der Waals surface area (Å²) in [5.41, 5.74) is -0.248. The fourth-order valence-corrected chi connectivity index (χ4v) is 5.17. The summed E-state index contributed by atoms with van der Waals surface area (Å²) in [7, 11) is 1.97. The van der Waals surface area contributed by atoms with E-state index in [0.29, 0.717) is 12.6 Å². The van der Waals surface area contributed by atoms with E-state index in [4.69, 9.17) is 4.74 Å². The lowest BCUT2D eigenvalue weighted by molar-refractivity contribution is -0.145. The van der Waals surface area contributed by atoms with Gasteiger partial charge in [-0.15, -0.1) is 0 Å². The second-order valence-corrected chi connectivity index (χ2v) is 8.32. The first-order chi connectivity index (χ1) is 11.1. The molecule has 0 aromatic heterocycles. The first-order valence-corrected chi connectivity index (χ1v) is 9.28. The van der Waals surface area contributed by atoms with Crippen LogP contribution in [-0.4, -0.2) is 42.1 Å². The smallest absolute Gasteiger partial charge is 0.407 e. The van der Waals surface area contributed by atoms with Gasteiger partial charge in [0.1, 0.15) is 6.61 Å². The van der Waals surface area contributed by atoms with Crippen LogP contribution in [0.15, 0.2) is 0 Å². The molecule has 1 heterocycles. The minimum Gasteiger partial charge on any atom is -0.447 e. The Morgan fingerprint density at radius 2 is 1.87 bits per heavy atom. The molecular weight excluding hydrogens is 292 g/mol. The van der Waals surface area contributed by atoms with Gasteiger partial charge in [-0.1, -0.05) is 32.1 Å². The van der Waals surface area contributed by atoms with E-state index >= 15 is 0 Å². The Balaban J connectivity index is 1.24. The molecule has 4 aliphatic rings. The van der Waals surface area contributed by atoms with E-state index in [9.17, 15) is 9.59 Å². The van der Waals surface area contributed by atoms with Crippen molar-refractivity contribution in [3.63, 3.8) is 0 Å². The molecule has 128 valence electrons. The summed E-state index contributed by atoms with van der Waals surface area (Å²) in [5, 5.41) is 2.87. The largest absolute Gasteiger partial charge is 0.447 e. The third kappa shape index (κ3) is 2.72. The monoisotopic (exact) mass is 320 g/mol. The Bertz CT molecular complexity index is 488. The highest BCUT2D eigenvalue weighted by Gasteiger charge is 2.54. The predicted octanol–water partition coefficient (Wildman–Crippen LogP) is 2.69. The van der Waals surface area contributed by atoms with Crippen LogP contribution < -0.4 is 5.32 Å². The lowest BCUT2D eigenvalue weighted by atomic mass is 9.66. The molecule has 2 amide bonds. The van der Waals surface area contributed by atoms with Crippen LogP contribution in [0.1, 0.15) is 57.8 Å². The van der Waals surface area contributed by atoms with Gasteiger partial charge in [0, 0.05) is 19.0 Å². The van der Waals surface area contributed by atoms with Crippen LogP contribution in [0.4, 0.5) is 4.79 Å². The zero-order valence-corrected chi connectivity index (χ0v) is 14.1. The second kappa shape index (κ2) is 5.67. The number of nitrogens with zero attached hydrogens (tertiary/aromatic N) is 1. The Labute approximate surface area is 138 Å².